The highest BCUT2D eigenvalue weighted by molar-refractivity contribution is 5.50. The molecule has 1 aromatic rings. The molecular formula is C19H33N5O. The van der Waals surface area contributed by atoms with Crippen molar-refractivity contribution < 1.29 is 5.11 Å². The Bertz CT molecular complexity index is 544. The second kappa shape index (κ2) is 8.32. The van der Waals surface area contributed by atoms with Gasteiger partial charge in [-0.2, -0.15) is 0 Å². The Morgan fingerprint density at radius 1 is 1.28 bits per heavy atom. The average molecular weight is 348 g/mol. The van der Waals surface area contributed by atoms with Crippen molar-refractivity contribution >= 4 is 11.6 Å². The van der Waals surface area contributed by atoms with E-state index in [0.717, 1.165) is 49.4 Å². The van der Waals surface area contributed by atoms with E-state index < -0.39 is 0 Å². The zero-order valence-corrected chi connectivity index (χ0v) is 15.9. The summed E-state index contributed by atoms with van der Waals surface area (Å²) in [6, 6.07) is 2.55. The number of nitrogens with one attached hydrogen (secondary N) is 1. The molecule has 2 N–H and O–H groups in total. The van der Waals surface area contributed by atoms with Gasteiger partial charge in [-0.05, 0) is 38.0 Å². The second-order valence-electron chi connectivity index (χ2n) is 8.14. The maximum absolute atomic E-state index is 9.53. The van der Waals surface area contributed by atoms with Crippen LogP contribution >= 0.6 is 0 Å². The molecule has 4 unspecified atom stereocenters. The first-order valence-corrected chi connectivity index (χ1v) is 9.73. The van der Waals surface area contributed by atoms with Crippen LogP contribution in [-0.2, 0) is 0 Å². The first-order chi connectivity index (χ1) is 12.0. The molecule has 1 aromatic heterocycles. The van der Waals surface area contributed by atoms with Gasteiger partial charge in [0.05, 0.1) is 12.6 Å². The number of nitrogens with zero attached hydrogens (tertiary/aromatic N) is 4. The van der Waals surface area contributed by atoms with E-state index in [1.807, 2.05) is 6.07 Å². The van der Waals surface area contributed by atoms with Gasteiger partial charge in [-0.3, -0.25) is 0 Å². The number of hydrogen-bond acceptors (Lipinski definition) is 6. The largest absolute Gasteiger partial charge is 0.394 e. The predicted molar refractivity (Wildman–Crippen MR) is 102 cm³/mol. The van der Waals surface area contributed by atoms with E-state index in [-0.39, 0.29) is 12.6 Å². The summed E-state index contributed by atoms with van der Waals surface area (Å²) in [6.45, 7) is 11.5. The van der Waals surface area contributed by atoms with Crippen LogP contribution in [0.5, 0.6) is 0 Å². The van der Waals surface area contributed by atoms with E-state index in [4.69, 9.17) is 0 Å². The van der Waals surface area contributed by atoms with E-state index in [2.05, 4.69) is 45.9 Å². The Balaban J connectivity index is 1.58. The van der Waals surface area contributed by atoms with Crippen molar-refractivity contribution in [3.63, 3.8) is 0 Å². The lowest BCUT2D eigenvalue weighted by atomic mass is 9.92. The highest BCUT2D eigenvalue weighted by Gasteiger charge is 2.26. The number of likely N-dealkylation sites (tertiary alicyclic amines) is 1. The lowest BCUT2D eigenvalue weighted by Crippen LogP contribution is -2.43. The fraction of sp³-hybridized carbons (Fsp3) is 0.789. The Morgan fingerprint density at radius 2 is 2.04 bits per heavy atom. The molecule has 2 fully saturated rings. The summed E-state index contributed by atoms with van der Waals surface area (Å²) in [6.07, 6.45) is 5.11. The third-order valence-corrected chi connectivity index (χ3v) is 5.41. The van der Waals surface area contributed by atoms with Crippen LogP contribution in [-0.4, -0.2) is 64.8 Å². The Labute approximate surface area is 151 Å². The normalized spacial score (nSPS) is 29.0. The Kier molecular flexibility index (Phi) is 6.12. The number of rotatable bonds is 6. The first-order valence-electron chi connectivity index (χ1n) is 9.73. The number of aliphatic hydroxyl groups excluding tert-OH is 1. The number of anilines is 2. The van der Waals surface area contributed by atoms with Gasteiger partial charge in [-0.25, -0.2) is 9.97 Å². The second-order valence-corrected chi connectivity index (χ2v) is 8.14. The zero-order valence-electron chi connectivity index (χ0n) is 15.9. The summed E-state index contributed by atoms with van der Waals surface area (Å²) in [7, 11) is 0. The molecule has 2 saturated heterocycles. The minimum atomic E-state index is 0.189. The molecule has 0 saturated carbocycles. The molecule has 6 nitrogen and oxygen atoms in total. The van der Waals surface area contributed by atoms with Crippen LogP contribution in [0, 0.1) is 11.8 Å². The van der Waals surface area contributed by atoms with Crippen LogP contribution < -0.4 is 10.2 Å². The topological polar surface area (TPSA) is 64.5 Å². The highest BCUT2D eigenvalue weighted by atomic mass is 16.3. The van der Waals surface area contributed by atoms with Crippen LogP contribution in [0.1, 0.15) is 40.0 Å². The summed E-state index contributed by atoms with van der Waals surface area (Å²) in [4.78, 5) is 13.6. The van der Waals surface area contributed by atoms with Crippen LogP contribution in [0.2, 0.25) is 0 Å². The summed E-state index contributed by atoms with van der Waals surface area (Å²) >= 11 is 0. The molecule has 0 spiro atoms. The maximum Gasteiger partial charge on any atom is 0.134 e. The molecule has 140 valence electrons. The maximum atomic E-state index is 9.53. The lowest BCUT2D eigenvalue weighted by Gasteiger charge is -2.36. The van der Waals surface area contributed by atoms with Gasteiger partial charge in [0.25, 0.3) is 0 Å². The summed E-state index contributed by atoms with van der Waals surface area (Å²) in [5.41, 5.74) is 0. The van der Waals surface area contributed by atoms with Gasteiger partial charge in [0.15, 0.2) is 0 Å². The molecule has 3 heterocycles. The molecule has 0 aliphatic carbocycles. The van der Waals surface area contributed by atoms with Gasteiger partial charge in [-0.1, -0.05) is 13.8 Å². The number of aliphatic hydroxyl groups is 1. The van der Waals surface area contributed by atoms with Crippen LogP contribution in [0.15, 0.2) is 12.4 Å². The van der Waals surface area contributed by atoms with Crippen molar-refractivity contribution in [3.8, 4) is 0 Å². The van der Waals surface area contributed by atoms with Gasteiger partial charge in [0.1, 0.15) is 18.0 Å². The minimum Gasteiger partial charge on any atom is -0.394 e. The number of aromatic nitrogens is 2. The van der Waals surface area contributed by atoms with Crippen molar-refractivity contribution in [1.82, 2.24) is 14.9 Å². The molecule has 3 rings (SSSR count). The van der Waals surface area contributed by atoms with Gasteiger partial charge in [0.2, 0.25) is 0 Å². The minimum absolute atomic E-state index is 0.189. The van der Waals surface area contributed by atoms with Gasteiger partial charge in [-0.15, -0.1) is 0 Å². The summed E-state index contributed by atoms with van der Waals surface area (Å²) in [5.74, 6) is 3.36. The van der Waals surface area contributed by atoms with Gasteiger partial charge in [0, 0.05) is 38.3 Å². The van der Waals surface area contributed by atoms with E-state index >= 15 is 0 Å². The SMILES string of the molecule is CC1CC(C)CN(CC(C)Nc2cc(N3CCCC3CO)ncn2)C1. The number of piperidine rings is 1. The quantitative estimate of drug-likeness (QED) is 0.823. The predicted octanol–water partition coefficient (Wildman–Crippen LogP) is 2.22. The van der Waals surface area contributed by atoms with E-state index in [9.17, 15) is 5.11 Å². The molecule has 6 heteroatoms. The van der Waals surface area contributed by atoms with Crippen LogP contribution in [0.4, 0.5) is 11.6 Å². The standard InChI is InChI=1S/C19H33N5O/c1-14-7-15(2)10-23(9-14)11-16(3)22-18-8-19(21-13-20-18)24-6-4-5-17(24)12-25/h8,13-17,25H,4-7,9-12H2,1-3H3,(H,20,21,22). The van der Waals surface area contributed by atoms with E-state index in [1.54, 1.807) is 6.33 Å². The van der Waals surface area contributed by atoms with E-state index in [0.29, 0.717) is 6.04 Å². The summed E-state index contributed by atoms with van der Waals surface area (Å²) < 4.78 is 0. The molecule has 0 radical (unpaired) electrons. The Hall–Kier alpha value is -1.40. The Morgan fingerprint density at radius 3 is 2.76 bits per heavy atom. The van der Waals surface area contributed by atoms with Crippen LogP contribution in [0.25, 0.3) is 0 Å². The van der Waals surface area contributed by atoms with Crippen molar-refractivity contribution in [2.24, 2.45) is 11.8 Å². The van der Waals surface area contributed by atoms with Crippen molar-refractivity contribution in [3.05, 3.63) is 12.4 Å². The smallest absolute Gasteiger partial charge is 0.134 e. The first kappa shape index (κ1) is 18.4. The van der Waals surface area contributed by atoms with Gasteiger partial charge < -0.3 is 20.2 Å². The summed E-state index contributed by atoms with van der Waals surface area (Å²) in [5, 5.41) is 13.1. The third-order valence-electron chi connectivity index (χ3n) is 5.41. The fourth-order valence-electron chi connectivity index (χ4n) is 4.54. The van der Waals surface area contributed by atoms with Crippen molar-refractivity contribution in [1.29, 1.82) is 0 Å². The molecule has 0 amide bonds. The fourth-order valence-corrected chi connectivity index (χ4v) is 4.54. The van der Waals surface area contributed by atoms with Gasteiger partial charge >= 0.3 is 0 Å². The van der Waals surface area contributed by atoms with Crippen molar-refractivity contribution in [2.75, 3.05) is 43.0 Å². The molecule has 2 aliphatic heterocycles. The molecule has 0 bridgehead atoms. The lowest BCUT2D eigenvalue weighted by molar-refractivity contribution is 0.138. The molecule has 0 aromatic carbocycles. The zero-order chi connectivity index (χ0) is 17.8. The molecular weight excluding hydrogens is 314 g/mol. The average Bonchev–Trinajstić information content (AvgIpc) is 3.02. The van der Waals surface area contributed by atoms with Crippen molar-refractivity contribution in [2.45, 2.75) is 52.1 Å². The third kappa shape index (κ3) is 4.82. The van der Waals surface area contributed by atoms with Crippen LogP contribution in [0.3, 0.4) is 0 Å². The van der Waals surface area contributed by atoms with E-state index in [1.165, 1.54) is 19.5 Å². The molecule has 25 heavy (non-hydrogen) atoms. The monoisotopic (exact) mass is 347 g/mol. The molecule has 2 aliphatic rings. The highest BCUT2D eigenvalue weighted by Crippen LogP contribution is 2.25. The molecule has 4 atom stereocenters. The number of hydrogen-bond donors (Lipinski definition) is 2.